The van der Waals surface area contributed by atoms with Gasteiger partial charge in [0, 0.05) is 45.3 Å². The molecule has 0 bridgehead atoms. The number of carboxylic acids is 1. The maximum Gasteiger partial charge on any atom is 0.303 e. The van der Waals surface area contributed by atoms with Crippen molar-refractivity contribution in [1.29, 1.82) is 0 Å². The highest BCUT2D eigenvalue weighted by atomic mass is 16.4. The van der Waals surface area contributed by atoms with Gasteiger partial charge < -0.3 is 76.3 Å². The Morgan fingerprint density at radius 3 is 1.57 bits per heavy atom. The number of amides is 9. The number of benzene rings is 2. The number of hydrogen-bond donors (Lipinski definition) is 13. The summed E-state index contributed by atoms with van der Waals surface area (Å²) in [4.78, 5) is 143. The number of carbonyl (C=O) groups excluding carboxylic acids is 9. The molecule has 0 saturated carbocycles. The number of nitrogens with two attached hydrogens (primary N) is 6. The Kier molecular flexibility index (Phi) is 26.2. The van der Waals surface area contributed by atoms with E-state index >= 15 is 0 Å². The molecule has 1 aliphatic heterocycles. The Bertz CT molecular complexity index is 2360. The summed E-state index contributed by atoms with van der Waals surface area (Å²) in [5, 5.41) is 25.1. The third-order valence-corrected chi connectivity index (χ3v) is 12.0. The van der Waals surface area contributed by atoms with Crippen LogP contribution in [0.5, 0.6) is 0 Å². The van der Waals surface area contributed by atoms with E-state index < -0.39 is 108 Å². The molecule has 416 valence electrons. The number of guanidine groups is 2. The Balaban J connectivity index is 1.95. The van der Waals surface area contributed by atoms with Gasteiger partial charge in [-0.2, -0.15) is 0 Å². The van der Waals surface area contributed by atoms with Crippen LogP contribution in [0, 0.1) is 5.92 Å². The largest absolute Gasteiger partial charge is 0.481 e. The highest BCUT2D eigenvalue weighted by molar-refractivity contribution is 5.98. The summed E-state index contributed by atoms with van der Waals surface area (Å²) in [7, 11) is 0. The van der Waals surface area contributed by atoms with Crippen LogP contribution >= 0.6 is 0 Å². The molecular formula is C50H75N15O11. The molecule has 2 aromatic rings. The molecule has 0 spiro atoms. The molecule has 76 heavy (non-hydrogen) atoms. The van der Waals surface area contributed by atoms with Crippen molar-refractivity contribution in [2.45, 2.75) is 140 Å². The number of aliphatic carboxylic acids is 1. The number of aliphatic imine (C=N–C) groups is 2. The molecular weight excluding hydrogens is 987 g/mol. The number of nitrogens with zero attached hydrogens (tertiary/aromatic N) is 3. The summed E-state index contributed by atoms with van der Waals surface area (Å²) in [6.07, 6.45) is -0.196. The molecule has 0 aliphatic carbocycles. The number of rotatable bonds is 33. The Morgan fingerprint density at radius 2 is 1.07 bits per heavy atom. The van der Waals surface area contributed by atoms with Gasteiger partial charge in [0.25, 0.3) is 0 Å². The smallest absolute Gasteiger partial charge is 0.303 e. The van der Waals surface area contributed by atoms with Crippen LogP contribution in [0.25, 0.3) is 0 Å². The summed E-state index contributed by atoms with van der Waals surface area (Å²) in [6, 6.07) is 8.47. The molecule has 0 radical (unpaired) electrons. The third kappa shape index (κ3) is 22.8. The first-order chi connectivity index (χ1) is 36.0. The average molecular weight is 1060 g/mol. The number of carboxylic acid groups (broad SMARTS) is 1. The van der Waals surface area contributed by atoms with Gasteiger partial charge in [-0.15, -0.1) is 0 Å². The molecule has 1 heterocycles. The molecule has 19 N–H and O–H groups in total. The summed E-state index contributed by atoms with van der Waals surface area (Å²) in [5.74, 6) is -8.76. The van der Waals surface area contributed by atoms with Crippen molar-refractivity contribution in [1.82, 2.24) is 36.8 Å². The molecule has 7 atom stereocenters. The molecule has 2 aromatic carbocycles. The average Bonchev–Trinajstić information content (AvgIpc) is 3.85. The third-order valence-electron chi connectivity index (χ3n) is 12.0. The van der Waals surface area contributed by atoms with Gasteiger partial charge in [0.1, 0.15) is 42.3 Å². The highest BCUT2D eigenvalue weighted by Gasteiger charge is 2.40. The second-order valence-corrected chi connectivity index (χ2v) is 18.8. The fourth-order valence-electron chi connectivity index (χ4n) is 8.31. The quantitative estimate of drug-likeness (QED) is 0.0194. The lowest BCUT2D eigenvalue weighted by molar-refractivity contribution is -0.142. The van der Waals surface area contributed by atoms with E-state index in [4.69, 9.17) is 39.5 Å². The van der Waals surface area contributed by atoms with Gasteiger partial charge in [-0.25, -0.2) is 0 Å². The fourth-order valence-corrected chi connectivity index (χ4v) is 8.31. The van der Waals surface area contributed by atoms with E-state index in [1.165, 1.54) is 4.90 Å². The first kappa shape index (κ1) is 62.0. The number of nitrogens with one attached hydrogen (secondary N) is 6. The van der Waals surface area contributed by atoms with Crippen molar-refractivity contribution in [2.24, 2.45) is 50.3 Å². The van der Waals surface area contributed by atoms with Crippen molar-refractivity contribution in [2.75, 3.05) is 19.6 Å². The minimum absolute atomic E-state index is 0.0356. The Hall–Kier alpha value is -8.32. The number of likely N-dealkylation sites (tertiary alicyclic amines) is 1. The van der Waals surface area contributed by atoms with Gasteiger partial charge >= 0.3 is 5.97 Å². The van der Waals surface area contributed by atoms with E-state index in [-0.39, 0.29) is 108 Å². The predicted molar refractivity (Wildman–Crippen MR) is 280 cm³/mol. The zero-order valence-electron chi connectivity index (χ0n) is 43.0. The van der Waals surface area contributed by atoms with Crippen molar-refractivity contribution >= 4 is 71.1 Å². The summed E-state index contributed by atoms with van der Waals surface area (Å²) >= 11 is 0. The SMILES string of the molecule is CC(C)C[C@H](NC(=O)[C@H](Cc1ccccc1)NC(=O)CCCC(=O)O)C(=O)N[C@@H](Cc1ccccc1)C(=O)N[C@@H](CCCN=C(N)N)C(=O)N1CCC[C@H]1C(=O)N[C@@H](CCCN=C(N)N)C(=O)N[C@@H](CC(N)=O)C(N)=O. The van der Waals surface area contributed by atoms with E-state index in [9.17, 15) is 47.9 Å². The summed E-state index contributed by atoms with van der Waals surface area (Å²) in [6.45, 7) is 3.83. The predicted octanol–water partition coefficient (Wildman–Crippen LogP) is -2.86. The van der Waals surface area contributed by atoms with Crippen LogP contribution in [0.4, 0.5) is 0 Å². The first-order valence-corrected chi connectivity index (χ1v) is 25.1. The van der Waals surface area contributed by atoms with E-state index in [1.807, 2.05) is 13.8 Å². The van der Waals surface area contributed by atoms with Crippen LogP contribution in [-0.2, 0) is 60.8 Å². The number of primary amides is 2. The van der Waals surface area contributed by atoms with Crippen molar-refractivity contribution in [3.05, 3.63) is 71.8 Å². The van der Waals surface area contributed by atoms with E-state index in [2.05, 4.69) is 41.9 Å². The molecule has 1 saturated heterocycles. The van der Waals surface area contributed by atoms with Crippen molar-refractivity contribution < 1.29 is 53.1 Å². The Morgan fingerprint density at radius 1 is 0.592 bits per heavy atom. The first-order valence-electron chi connectivity index (χ1n) is 25.1. The van der Waals surface area contributed by atoms with E-state index in [0.29, 0.717) is 17.5 Å². The normalized spacial score (nSPS) is 15.2. The van der Waals surface area contributed by atoms with Crippen LogP contribution in [-0.4, -0.2) is 143 Å². The molecule has 3 rings (SSSR count). The molecule has 0 aromatic heterocycles. The molecule has 26 nitrogen and oxygen atoms in total. The van der Waals surface area contributed by atoms with Crippen LogP contribution in [0.15, 0.2) is 70.6 Å². The summed E-state index contributed by atoms with van der Waals surface area (Å²) < 4.78 is 0. The number of hydrogen-bond acceptors (Lipinski definition) is 12. The standard InChI is InChI=1S/C50H75N15O11/c1-29(2)25-35(63-45(73)36(26-30-13-5-3-6-14-30)59-40(67)20-9-21-41(68)69)44(72)64-37(27-31-15-7-4-8-16-31)46(74)61-33(18-11-23-58-50(55)56)48(76)65-24-12-19-38(65)47(75)60-32(17-10-22-57-49(53)54)43(71)62-34(42(52)70)28-39(51)66/h3-8,13-16,29,32-38H,9-12,17-28H2,1-2H3,(H2,51,66)(H2,52,70)(H,59,67)(H,60,75)(H,61,74)(H,62,71)(H,63,73)(H,64,72)(H,68,69)(H4,53,54,57)(H4,55,56,58)/t32-,33-,34-,35-,36-,37-,38-/m0/s1. The van der Waals surface area contributed by atoms with Gasteiger partial charge in [0.2, 0.25) is 53.2 Å². The lowest BCUT2D eigenvalue weighted by Gasteiger charge is -2.31. The van der Waals surface area contributed by atoms with E-state index in [1.54, 1.807) is 60.7 Å². The van der Waals surface area contributed by atoms with Gasteiger partial charge in [-0.3, -0.25) is 57.9 Å². The van der Waals surface area contributed by atoms with Crippen molar-refractivity contribution in [3.8, 4) is 0 Å². The zero-order chi connectivity index (χ0) is 56.3. The van der Waals surface area contributed by atoms with Gasteiger partial charge in [0.15, 0.2) is 11.9 Å². The maximum absolute atomic E-state index is 14.7. The highest BCUT2D eigenvalue weighted by Crippen LogP contribution is 2.21. The van der Waals surface area contributed by atoms with Crippen LogP contribution in [0.3, 0.4) is 0 Å². The molecule has 1 fully saturated rings. The topological polar surface area (TPSA) is 447 Å². The minimum Gasteiger partial charge on any atom is -0.481 e. The lowest BCUT2D eigenvalue weighted by Crippen LogP contribution is -2.60. The second kappa shape index (κ2) is 32.1. The Labute approximate surface area is 441 Å². The van der Waals surface area contributed by atoms with Crippen LogP contribution in [0.2, 0.25) is 0 Å². The van der Waals surface area contributed by atoms with Gasteiger partial charge in [-0.1, -0.05) is 74.5 Å². The van der Waals surface area contributed by atoms with Gasteiger partial charge in [0.05, 0.1) is 6.42 Å². The number of carbonyl (C=O) groups is 10. The fraction of sp³-hybridized carbons (Fsp3) is 0.520. The summed E-state index contributed by atoms with van der Waals surface area (Å²) in [5.41, 5.74) is 34.0. The second-order valence-electron chi connectivity index (χ2n) is 18.8. The van der Waals surface area contributed by atoms with E-state index in [0.717, 1.165) is 0 Å². The maximum atomic E-state index is 14.7. The zero-order valence-corrected chi connectivity index (χ0v) is 43.0. The molecule has 26 heteroatoms. The molecule has 0 unspecified atom stereocenters. The monoisotopic (exact) mass is 1060 g/mol. The molecule has 1 aliphatic rings. The van der Waals surface area contributed by atoms with Crippen molar-refractivity contribution in [3.63, 3.8) is 0 Å². The van der Waals surface area contributed by atoms with Gasteiger partial charge in [-0.05, 0) is 68.4 Å². The van der Waals surface area contributed by atoms with Crippen LogP contribution < -0.4 is 66.3 Å². The van der Waals surface area contributed by atoms with Crippen LogP contribution in [0.1, 0.15) is 95.6 Å². The lowest BCUT2D eigenvalue weighted by atomic mass is 9.99. The minimum atomic E-state index is -1.49. The molecule has 9 amide bonds.